The molecule has 3 rings (SSSR count). The van der Waals surface area contributed by atoms with E-state index in [1.54, 1.807) is 18.2 Å². The van der Waals surface area contributed by atoms with Gasteiger partial charge < -0.3 is 10.7 Å². The molecule has 1 aliphatic heterocycles. The second-order valence-electron chi connectivity index (χ2n) is 4.58. The number of hydrogen-bond donors (Lipinski definition) is 2. The average molecular weight is 289 g/mol. The molecule has 0 aliphatic carbocycles. The number of nitrogen functional groups attached to an aromatic ring is 1. The summed E-state index contributed by atoms with van der Waals surface area (Å²) in [5.41, 5.74) is 6.24. The summed E-state index contributed by atoms with van der Waals surface area (Å²) in [6.45, 7) is 0. The Labute approximate surface area is 124 Å². The molecule has 0 radical (unpaired) electrons. The summed E-state index contributed by atoms with van der Waals surface area (Å²) in [7, 11) is 0. The van der Waals surface area contributed by atoms with E-state index >= 15 is 0 Å². The number of nitrogens with one attached hydrogen (secondary N) is 1. The third-order valence-electron chi connectivity index (χ3n) is 3.36. The monoisotopic (exact) mass is 289 g/mol. The Bertz CT molecular complexity index is 1000. The van der Waals surface area contributed by atoms with Crippen molar-refractivity contribution < 1.29 is 4.79 Å². The lowest BCUT2D eigenvalue weighted by Crippen LogP contribution is -2.16. The van der Waals surface area contributed by atoms with Gasteiger partial charge in [-0.1, -0.05) is 12.1 Å². The van der Waals surface area contributed by atoms with Crippen LogP contribution in [0.25, 0.3) is 11.1 Å². The first-order valence-corrected chi connectivity index (χ1v) is 6.15. The maximum Gasteiger partial charge on any atom is 0.277 e. The molecule has 1 aromatic heterocycles. The van der Waals surface area contributed by atoms with Crippen LogP contribution >= 0.6 is 0 Å². The number of anilines is 1. The number of rotatable bonds is 1. The third kappa shape index (κ3) is 1.78. The number of aliphatic imine (C=N–C) groups is 1. The minimum atomic E-state index is -0.683. The average Bonchev–Trinajstić information content (AvgIpc) is 2.87. The normalized spacial score (nSPS) is 11.8. The van der Waals surface area contributed by atoms with Gasteiger partial charge in [0, 0.05) is 17.3 Å². The lowest BCUT2D eigenvalue weighted by molar-refractivity contribution is 0.101. The molecule has 1 aliphatic rings. The lowest BCUT2D eigenvalue weighted by atomic mass is 9.94. The Morgan fingerprint density at radius 3 is 2.55 bits per heavy atom. The van der Waals surface area contributed by atoms with Crippen LogP contribution in [0.3, 0.4) is 0 Å². The molecule has 0 spiro atoms. The Morgan fingerprint density at radius 2 is 1.86 bits per heavy atom. The number of hydrogen-bond acceptors (Lipinski definition) is 5. The first-order chi connectivity index (χ1) is 10.6. The largest absolute Gasteiger partial charge is 0.384 e. The first-order valence-electron chi connectivity index (χ1n) is 6.15. The fraction of sp³-hybridized carbons (Fsp3) is 0. The molecule has 7 heteroatoms. The molecular formula is C15H7N5O2. The Hall–Kier alpha value is -3.71. The smallest absolute Gasteiger partial charge is 0.277 e. The van der Waals surface area contributed by atoms with Gasteiger partial charge in [-0.15, -0.1) is 0 Å². The highest BCUT2D eigenvalue weighted by molar-refractivity contribution is 6.13. The van der Waals surface area contributed by atoms with Crippen LogP contribution in [0.5, 0.6) is 0 Å². The van der Waals surface area contributed by atoms with Crippen molar-refractivity contribution in [3.05, 3.63) is 50.8 Å². The van der Waals surface area contributed by atoms with Gasteiger partial charge in [0.05, 0.1) is 5.56 Å². The van der Waals surface area contributed by atoms with Crippen molar-refractivity contribution in [2.75, 3.05) is 5.73 Å². The summed E-state index contributed by atoms with van der Waals surface area (Å²) in [6, 6.07) is 8.41. The Balaban J connectivity index is 2.37. The molecule has 7 nitrogen and oxygen atoms in total. The van der Waals surface area contributed by atoms with Crippen LogP contribution in [-0.4, -0.2) is 17.1 Å². The number of nitrogens with two attached hydrogens (primary N) is 1. The fourth-order valence-electron chi connectivity index (χ4n) is 2.34. The minimum absolute atomic E-state index is 0.0116. The van der Waals surface area contributed by atoms with Gasteiger partial charge in [0.1, 0.15) is 29.1 Å². The molecule has 2 heterocycles. The number of amides is 1. The molecule has 0 unspecified atom stereocenters. The van der Waals surface area contributed by atoms with Crippen molar-refractivity contribution in [1.29, 1.82) is 10.5 Å². The first kappa shape index (κ1) is 13.3. The van der Waals surface area contributed by atoms with Crippen molar-refractivity contribution in [1.82, 2.24) is 4.98 Å². The van der Waals surface area contributed by atoms with Crippen molar-refractivity contribution in [2.24, 2.45) is 4.99 Å². The molecule has 0 atom stereocenters. The Kier molecular flexibility index (Phi) is 2.83. The summed E-state index contributed by atoms with van der Waals surface area (Å²) in [4.78, 5) is 29.5. The van der Waals surface area contributed by atoms with E-state index in [1.807, 2.05) is 6.07 Å². The van der Waals surface area contributed by atoms with Crippen molar-refractivity contribution in [3.8, 4) is 23.3 Å². The summed E-state index contributed by atoms with van der Waals surface area (Å²) >= 11 is 0. The van der Waals surface area contributed by atoms with E-state index < -0.39 is 11.5 Å². The number of carbonyl (C=O) groups excluding carboxylic acids is 1. The number of fused-ring (bicyclic) bond motifs is 1. The number of carbonyl (C=O) groups is 1. The van der Waals surface area contributed by atoms with Crippen LogP contribution in [-0.2, 0) is 0 Å². The van der Waals surface area contributed by atoms with Crippen LogP contribution in [0.15, 0.2) is 28.0 Å². The molecule has 0 fully saturated rings. The Morgan fingerprint density at radius 1 is 1.14 bits per heavy atom. The third-order valence-corrected chi connectivity index (χ3v) is 3.36. The van der Waals surface area contributed by atoms with E-state index in [-0.39, 0.29) is 22.5 Å². The molecular weight excluding hydrogens is 282 g/mol. The summed E-state index contributed by atoms with van der Waals surface area (Å²) in [5.74, 6) is -0.531. The highest BCUT2D eigenvalue weighted by atomic mass is 16.1. The zero-order valence-corrected chi connectivity index (χ0v) is 11.0. The van der Waals surface area contributed by atoms with Gasteiger partial charge in [-0.2, -0.15) is 10.5 Å². The molecule has 0 saturated carbocycles. The number of nitrogens with zero attached hydrogens (tertiary/aromatic N) is 3. The van der Waals surface area contributed by atoms with Gasteiger partial charge in [0.25, 0.3) is 11.5 Å². The van der Waals surface area contributed by atoms with E-state index in [9.17, 15) is 20.1 Å². The second kappa shape index (κ2) is 4.69. The second-order valence-corrected chi connectivity index (χ2v) is 4.58. The minimum Gasteiger partial charge on any atom is -0.384 e. The van der Waals surface area contributed by atoms with Crippen LogP contribution in [0.2, 0.25) is 0 Å². The maximum atomic E-state index is 11.9. The highest BCUT2D eigenvalue weighted by Gasteiger charge is 2.21. The van der Waals surface area contributed by atoms with Gasteiger partial charge in [0.15, 0.2) is 0 Å². The van der Waals surface area contributed by atoms with E-state index in [0.29, 0.717) is 16.7 Å². The van der Waals surface area contributed by atoms with Crippen molar-refractivity contribution in [2.45, 2.75) is 0 Å². The standard InChI is InChI=1S/C15H7N5O2/c16-4-10-12(11(5-17)15(22)20-13(10)18)7-1-2-8-6-19-14(21)9(8)3-7/h1-3,6H,(H3,18,20,22). The quantitative estimate of drug-likeness (QED) is 0.805. The molecule has 22 heavy (non-hydrogen) atoms. The van der Waals surface area contributed by atoms with Crippen molar-refractivity contribution >= 4 is 17.9 Å². The molecule has 2 aromatic rings. The van der Waals surface area contributed by atoms with Gasteiger partial charge in [-0.3, -0.25) is 9.59 Å². The number of aromatic amines is 1. The van der Waals surface area contributed by atoms with Crippen LogP contribution < -0.4 is 11.3 Å². The maximum absolute atomic E-state index is 11.9. The molecule has 1 aromatic carbocycles. The summed E-state index contributed by atoms with van der Waals surface area (Å²) in [5, 5.41) is 18.5. The summed E-state index contributed by atoms with van der Waals surface area (Å²) < 4.78 is 0. The topological polar surface area (TPSA) is 136 Å². The number of H-pyrrole nitrogens is 1. The van der Waals surface area contributed by atoms with Gasteiger partial charge in [-0.05, 0) is 11.6 Å². The number of aromatic nitrogens is 1. The van der Waals surface area contributed by atoms with Gasteiger partial charge in [0.2, 0.25) is 0 Å². The zero-order valence-electron chi connectivity index (χ0n) is 11.0. The predicted molar refractivity (Wildman–Crippen MR) is 78.3 cm³/mol. The lowest BCUT2D eigenvalue weighted by Gasteiger charge is -2.09. The molecule has 3 N–H and O–H groups in total. The number of pyridine rings is 1. The molecule has 1 amide bonds. The molecule has 0 saturated heterocycles. The van der Waals surface area contributed by atoms with Crippen LogP contribution in [0.4, 0.5) is 5.82 Å². The SMILES string of the molecule is N#Cc1c(N)[nH]c(=O)c(C#N)c1-c1ccc2c(c1)C(=O)N=C2. The van der Waals surface area contributed by atoms with Crippen LogP contribution in [0, 0.1) is 22.7 Å². The predicted octanol–water partition coefficient (Wildman–Crippen LogP) is 0.940. The van der Waals surface area contributed by atoms with E-state index in [1.165, 1.54) is 12.3 Å². The number of nitriles is 2. The van der Waals surface area contributed by atoms with E-state index in [4.69, 9.17) is 5.73 Å². The fourth-order valence-corrected chi connectivity index (χ4v) is 2.34. The van der Waals surface area contributed by atoms with E-state index in [0.717, 1.165) is 0 Å². The van der Waals surface area contributed by atoms with Crippen molar-refractivity contribution in [3.63, 3.8) is 0 Å². The number of benzene rings is 1. The van der Waals surface area contributed by atoms with Crippen LogP contribution in [0.1, 0.15) is 27.0 Å². The molecule has 104 valence electrons. The highest BCUT2D eigenvalue weighted by Crippen LogP contribution is 2.30. The zero-order chi connectivity index (χ0) is 15.9. The van der Waals surface area contributed by atoms with Gasteiger partial charge >= 0.3 is 0 Å². The molecule has 0 bridgehead atoms. The summed E-state index contributed by atoms with van der Waals surface area (Å²) in [6.07, 6.45) is 1.43. The van der Waals surface area contributed by atoms with E-state index in [2.05, 4.69) is 9.98 Å². The van der Waals surface area contributed by atoms with Gasteiger partial charge in [-0.25, -0.2) is 4.99 Å².